The van der Waals surface area contributed by atoms with Gasteiger partial charge in [0.1, 0.15) is 0 Å². The molecule has 0 bridgehead atoms. The fraction of sp³-hybridized carbons (Fsp3) is 0.500. The van der Waals surface area contributed by atoms with E-state index >= 15 is 0 Å². The van der Waals surface area contributed by atoms with Gasteiger partial charge in [-0.1, -0.05) is 0 Å². The molecule has 0 saturated carbocycles. The predicted molar refractivity (Wildman–Crippen MR) is 84.0 cm³/mol. The van der Waals surface area contributed by atoms with Gasteiger partial charge in [0.15, 0.2) is 0 Å². The molecule has 1 amide bonds. The lowest BCUT2D eigenvalue weighted by atomic mass is 9.98. The van der Waals surface area contributed by atoms with Gasteiger partial charge in [0.05, 0.1) is 12.5 Å². The van der Waals surface area contributed by atoms with E-state index in [9.17, 15) is 9.59 Å². The molecule has 114 valence electrons. The summed E-state index contributed by atoms with van der Waals surface area (Å²) < 4.78 is 5.05. The third-order valence-electron chi connectivity index (χ3n) is 3.50. The number of ether oxygens (including phenoxy) is 1. The number of hydrogen-bond acceptors (Lipinski definition) is 4. The zero-order valence-electron chi connectivity index (χ0n) is 12.5. The molecular formula is C16H21NO3S. The van der Waals surface area contributed by atoms with Crippen LogP contribution in [0.25, 0.3) is 6.08 Å². The summed E-state index contributed by atoms with van der Waals surface area (Å²) in [6.45, 7) is 5.41. The van der Waals surface area contributed by atoms with Crippen molar-refractivity contribution in [1.82, 2.24) is 4.90 Å². The number of aryl methyl sites for hydroxylation is 1. The zero-order chi connectivity index (χ0) is 15.2. The van der Waals surface area contributed by atoms with Gasteiger partial charge < -0.3 is 9.64 Å². The number of likely N-dealkylation sites (tertiary alicyclic amines) is 1. The Bertz CT molecular complexity index is 535. The van der Waals surface area contributed by atoms with Gasteiger partial charge in [-0.25, -0.2) is 0 Å². The third-order valence-corrected chi connectivity index (χ3v) is 4.47. The summed E-state index contributed by atoms with van der Waals surface area (Å²) in [4.78, 5) is 28.0. The van der Waals surface area contributed by atoms with Gasteiger partial charge in [-0.15, -0.1) is 11.3 Å². The second-order valence-electron chi connectivity index (χ2n) is 5.16. The van der Waals surface area contributed by atoms with E-state index in [1.165, 1.54) is 4.88 Å². The fourth-order valence-electron chi connectivity index (χ4n) is 2.43. The first-order valence-corrected chi connectivity index (χ1v) is 8.12. The van der Waals surface area contributed by atoms with E-state index in [2.05, 4.69) is 0 Å². The van der Waals surface area contributed by atoms with Crippen molar-refractivity contribution < 1.29 is 14.3 Å². The third kappa shape index (κ3) is 4.43. The number of esters is 1. The Labute approximate surface area is 129 Å². The molecule has 1 aromatic heterocycles. The second-order valence-corrected chi connectivity index (χ2v) is 6.48. The highest BCUT2D eigenvalue weighted by Gasteiger charge is 2.28. The van der Waals surface area contributed by atoms with Crippen LogP contribution >= 0.6 is 11.3 Å². The highest BCUT2D eigenvalue weighted by molar-refractivity contribution is 7.12. The van der Waals surface area contributed by atoms with Crippen molar-refractivity contribution >= 4 is 29.3 Å². The van der Waals surface area contributed by atoms with Gasteiger partial charge in [0.25, 0.3) is 0 Å². The van der Waals surface area contributed by atoms with Gasteiger partial charge in [0, 0.05) is 28.9 Å². The minimum Gasteiger partial charge on any atom is -0.466 e. The van der Waals surface area contributed by atoms with Crippen molar-refractivity contribution in [2.75, 3.05) is 19.7 Å². The average Bonchev–Trinajstić information content (AvgIpc) is 2.91. The standard InChI is InChI=1S/C16H21NO3S/c1-3-20-16(19)13-5-4-10-17(11-13)15(18)9-8-14-7-6-12(2)21-14/h6-9,13H,3-5,10-11H2,1-2H3/b9-8+/t13-/m0/s1. The minimum atomic E-state index is -0.187. The second kappa shape index (κ2) is 7.41. The van der Waals surface area contributed by atoms with Crippen LogP contribution in [0.15, 0.2) is 18.2 Å². The van der Waals surface area contributed by atoms with Gasteiger partial charge >= 0.3 is 5.97 Å². The number of carbonyl (C=O) groups is 2. The minimum absolute atomic E-state index is 0.0324. The number of thiophene rings is 1. The number of hydrogen-bond donors (Lipinski definition) is 0. The Hall–Kier alpha value is -1.62. The van der Waals surface area contributed by atoms with Crippen molar-refractivity contribution in [3.8, 4) is 0 Å². The van der Waals surface area contributed by atoms with Crippen LogP contribution in [0.5, 0.6) is 0 Å². The van der Waals surface area contributed by atoms with E-state index in [-0.39, 0.29) is 17.8 Å². The molecule has 5 heteroatoms. The normalized spacial score (nSPS) is 19.0. The average molecular weight is 307 g/mol. The molecule has 1 saturated heterocycles. The number of amides is 1. The van der Waals surface area contributed by atoms with E-state index in [0.29, 0.717) is 19.7 Å². The van der Waals surface area contributed by atoms with Crippen LogP contribution in [0.1, 0.15) is 29.5 Å². The van der Waals surface area contributed by atoms with E-state index in [0.717, 1.165) is 17.7 Å². The molecule has 0 N–H and O–H groups in total. The first kappa shape index (κ1) is 15.8. The van der Waals surface area contributed by atoms with E-state index in [1.54, 1.807) is 29.2 Å². The summed E-state index contributed by atoms with van der Waals surface area (Å²) >= 11 is 1.66. The molecule has 2 rings (SSSR count). The highest BCUT2D eigenvalue weighted by Crippen LogP contribution is 2.20. The van der Waals surface area contributed by atoms with Crippen molar-refractivity contribution in [2.24, 2.45) is 5.92 Å². The molecule has 0 spiro atoms. The Balaban J connectivity index is 1.92. The smallest absolute Gasteiger partial charge is 0.310 e. The van der Waals surface area contributed by atoms with Crippen LogP contribution in [-0.4, -0.2) is 36.5 Å². The topological polar surface area (TPSA) is 46.6 Å². The lowest BCUT2D eigenvalue weighted by Gasteiger charge is -2.30. The van der Waals surface area contributed by atoms with Crippen molar-refractivity contribution in [3.63, 3.8) is 0 Å². The van der Waals surface area contributed by atoms with Crippen molar-refractivity contribution in [3.05, 3.63) is 28.0 Å². The Morgan fingerprint density at radius 3 is 2.95 bits per heavy atom. The molecule has 0 aliphatic carbocycles. The number of nitrogens with zero attached hydrogens (tertiary/aromatic N) is 1. The van der Waals surface area contributed by atoms with Gasteiger partial charge in [-0.2, -0.15) is 0 Å². The fourth-order valence-corrected chi connectivity index (χ4v) is 3.21. The molecular weight excluding hydrogens is 286 g/mol. The van der Waals surface area contributed by atoms with Crippen LogP contribution in [0.4, 0.5) is 0 Å². The summed E-state index contributed by atoms with van der Waals surface area (Å²) in [6, 6.07) is 4.04. The summed E-state index contributed by atoms with van der Waals surface area (Å²) in [6.07, 6.45) is 5.09. The van der Waals surface area contributed by atoms with Crippen molar-refractivity contribution in [2.45, 2.75) is 26.7 Å². The van der Waals surface area contributed by atoms with Gasteiger partial charge in [0.2, 0.25) is 5.91 Å². The molecule has 0 aromatic carbocycles. The molecule has 1 atom stereocenters. The Kier molecular flexibility index (Phi) is 5.56. The molecule has 4 nitrogen and oxygen atoms in total. The molecule has 1 aliphatic heterocycles. The van der Waals surface area contributed by atoms with Crippen LogP contribution in [0.3, 0.4) is 0 Å². The predicted octanol–water partition coefficient (Wildman–Crippen LogP) is 2.87. The monoisotopic (exact) mass is 307 g/mol. The van der Waals surface area contributed by atoms with Crippen molar-refractivity contribution in [1.29, 1.82) is 0 Å². The summed E-state index contributed by atoms with van der Waals surface area (Å²) in [5.41, 5.74) is 0. The van der Waals surface area contributed by atoms with Gasteiger partial charge in [-0.3, -0.25) is 9.59 Å². The van der Waals surface area contributed by atoms with E-state index < -0.39 is 0 Å². The van der Waals surface area contributed by atoms with Crippen LogP contribution in [-0.2, 0) is 14.3 Å². The van der Waals surface area contributed by atoms with Crippen LogP contribution in [0.2, 0.25) is 0 Å². The van der Waals surface area contributed by atoms with Crippen LogP contribution < -0.4 is 0 Å². The maximum absolute atomic E-state index is 12.2. The Morgan fingerprint density at radius 2 is 2.29 bits per heavy atom. The highest BCUT2D eigenvalue weighted by atomic mass is 32.1. The van der Waals surface area contributed by atoms with E-state index in [4.69, 9.17) is 4.74 Å². The van der Waals surface area contributed by atoms with Crippen LogP contribution in [0, 0.1) is 12.8 Å². The molecule has 0 radical (unpaired) electrons. The first-order valence-electron chi connectivity index (χ1n) is 7.30. The first-order chi connectivity index (χ1) is 10.1. The zero-order valence-corrected chi connectivity index (χ0v) is 13.3. The molecule has 1 fully saturated rings. The summed E-state index contributed by atoms with van der Waals surface area (Å²) in [5.74, 6) is -0.400. The lowest BCUT2D eigenvalue weighted by molar-refractivity contribution is -0.150. The maximum atomic E-state index is 12.2. The van der Waals surface area contributed by atoms with E-state index in [1.807, 2.05) is 25.1 Å². The molecule has 21 heavy (non-hydrogen) atoms. The van der Waals surface area contributed by atoms with Gasteiger partial charge in [-0.05, 0) is 44.9 Å². The molecule has 1 aromatic rings. The lowest BCUT2D eigenvalue weighted by Crippen LogP contribution is -2.42. The largest absolute Gasteiger partial charge is 0.466 e. The SMILES string of the molecule is CCOC(=O)[C@H]1CCCN(C(=O)/C=C/c2ccc(C)s2)C1. The summed E-state index contributed by atoms with van der Waals surface area (Å²) in [7, 11) is 0. The molecule has 2 heterocycles. The number of piperidine rings is 1. The Morgan fingerprint density at radius 1 is 1.48 bits per heavy atom. The maximum Gasteiger partial charge on any atom is 0.310 e. The molecule has 0 unspecified atom stereocenters. The number of rotatable bonds is 4. The number of carbonyl (C=O) groups excluding carboxylic acids is 2. The quantitative estimate of drug-likeness (QED) is 0.635. The summed E-state index contributed by atoms with van der Waals surface area (Å²) in [5, 5.41) is 0. The molecule has 1 aliphatic rings.